The van der Waals surface area contributed by atoms with Crippen LogP contribution in [0.25, 0.3) is 0 Å². The fraction of sp³-hybridized carbons (Fsp3) is 0.636. The lowest BCUT2D eigenvalue weighted by molar-refractivity contribution is -0.865. The fourth-order valence-electron chi connectivity index (χ4n) is 2.26. The second-order valence-electron chi connectivity index (χ2n) is 5.62. The van der Waals surface area contributed by atoms with E-state index in [1.807, 2.05) is 21.1 Å². The van der Waals surface area contributed by atoms with Gasteiger partial charge in [0.05, 0.1) is 32.8 Å². The summed E-state index contributed by atoms with van der Waals surface area (Å²) in [5, 5.41) is 11.0. The molecule has 2 atom stereocenters. The number of thioether (sulfide) groups is 1. The number of carboxylic acid groups (broad SMARTS) is 1. The Morgan fingerprint density at radius 1 is 1.56 bits per heavy atom. The highest BCUT2D eigenvalue weighted by Crippen LogP contribution is 2.39. The Bertz CT molecular complexity index is 441. The van der Waals surface area contributed by atoms with Crippen molar-refractivity contribution in [1.29, 1.82) is 0 Å². The topological polar surface area (TPSA) is 86.5 Å². The molecule has 0 aromatic carbocycles. The third kappa shape index (κ3) is 2.13. The number of quaternary nitrogens is 1. The van der Waals surface area contributed by atoms with Crippen LogP contribution in [0.2, 0.25) is 0 Å². The lowest BCUT2D eigenvalue weighted by atomic mass is 10.0. The molecular formula is C11H17N3O3S. The zero-order chi connectivity index (χ0) is 13.7. The molecule has 0 saturated carbocycles. The highest BCUT2D eigenvalue weighted by atomic mass is 32.2. The molecule has 2 rings (SSSR count). The molecule has 0 aliphatic carbocycles. The Hall–Kier alpha value is -1.05. The number of nitrogens with zero attached hydrogens (tertiary/aromatic N) is 2. The Kier molecular flexibility index (Phi) is 3.16. The van der Waals surface area contributed by atoms with Gasteiger partial charge in [0.2, 0.25) is 5.91 Å². The normalized spacial score (nSPS) is 28.0. The van der Waals surface area contributed by atoms with Crippen LogP contribution in [-0.2, 0) is 9.59 Å². The van der Waals surface area contributed by atoms with Gasteiger partial charge in [-0.15, -0.1) is 11.8 Å². The minimum atomic E-state index is -1.29. The highest BCUT2D eigenvalue weighted by molar-refractivity contribution is 8.00. The second-order valence-corrected chi connectivity index (χ2v) is 6.73. The zero-order valence-corrected chi connectivity index (χ0v) is 11.5. The molecule has 2 N–H and O–H groups in total. The molecule has 0 radical (unpaired) electrons. The first-order valence-corrected chi connectivity index (χ1v) is 6.71. The van der Waals surface area contributed by atoms with E-state index in [9.17, 15) is 14.7 Å². The summed E-state index contributed by atoms with van der Waals surface area (Å²) in [6.45, 7) is 0.571. The Labute approximate surface area is 110 Å². The third-order valence-corrected chi connectivity index (χ3v) is 4.31. The van der Waals surface area contributed by atoms with Crippen LogP contribution < -0.4 is 10.8 Å². The van der Waals surface area contributed by atoms with Gasteiger partial charge < -0.3 is 20.1 Å². The number of rotatable bonds is 3. The number of carbonyl (C=O) groups is 2. The maximum Gasteiger partial charge on any atom is 0.248 e. The number of fused-ring (bicyclic) bond motifs is 1. The van der Waals surface area contributed by atoms with Gasteiger partial charge in [-0.2, -0.15) is 0 Å². The van der Waals surface area contributed by atoms with Crippen LogP contribution in [0.4, 0.5) is 0 Å². The quantitative estimate of drug-likeness (QED) is 0.471. The Morgan fingerprint density at radius 2 is 2.17 bits per heavy atom. The summed E-state index contributed by atoms with van der Waals surface area (Å²) in [6.07, 6.45) is 0. The van der Waals surface area contributed by atoms with Crippen molar-refractivity contribution in [3.63, 3.8) is 0 Å². The van der Waals surface area contributed by atoms with Crippen molar-refractivity contribution in [2.75, 3.05) is 33.4 Å². The molecule has 1 fully saturated rings. The summed E-state index contributed by atoms with van der Waals surface area (Å²) < 4.78 is 0.603. The average Bonchev–Trinajstić information content (AvgIpc) is 2.24. The van der Waals surface area contributed by atoms with E-state index in [4.69, 9.17) is 5.73 Å². The number of carbonyl (C=O) groups excluding carboxylic acids is 2. The summed E-state index contributed by atoms with van der Waals surface area (Å²) in [5.74, 6) is -1.03. The van der Waals surface area contributed by atoms with Gasteiger partial charge in [0.15, 0.2) is 0 Å². The Morgan fingerprint density at radius 3 is 2.67 bits per heavy atom. The van der Waals surface area contributed by atoms with Crippen LogP contribution in [0.15, 0.2) is 11.3 Å². The van der Waals surface area contributed by atoms with Gasteiger partial charge in [-0.3, -0.25) is 9.69 Å². The summed E-state index contributed by atoms with van der Waals surface area (Å²) in [5.41, 5.74) is 6.43. The zero-order valence-electron chi connectivity index (χ0n) is 10.7. The average molecular weight is 271 g/mol. The first kappa shape index (κ1) is 13.4. The van der Waals surface area contributed by atoms with E-state index in [1.54, 1.807) is 0 Å². The van der Waals surface area contributed by atoms with Crippen LogP contribution in [0.3, 0.4) is 0 Å². The second kappa shape index (κ2) is 4.25. The smallest absolute Gasteiger partial charge is 0.248 e. The summed E-state index contributed by atoms with van der Waals surface area (Å²) in [7, 11) is 5.92. The number of carboxylic acids is 1. The molecule has 18 heavy (non-hydrogen) atoms. The van der Waals surface area contributed by atoms with E-state index < -0.39 is 12.0 Å². The van der Waals surface area contributed by atoms with Crippen molar-refractivity contribution < 1.29 is 19.2 Å². The van der Waals surface area contributed by atoms with Gasteiger partial charge in [-0.05, 0) is 0 Å². The predicted molar refractivity (Wildman–Crippen MR) is 66.0 cm³/mol. The van der Waals surface area contributed by atoms with Crippen LogP contribution >= 0.6 is 11.8 Å². The number of hydrogen-bond donors (Lipinski definition) is 1. The maximum absolute atomic E-state index is 11.7. The molecule has 2 aliphatic heterocycles. The molecule has 2 unspecified atom stereocenters. The van der Waals surface area contributed by atoms with Gasteiger partial charge in [0.1, 0.15) is 18.0 Å². The standard InChI is InChI=1S/C11H17N3O3S/c1-14(2,3)4-6-5-18-10-7(12)9(15)13(10)8(6)11(16)17/h7,10H,4-5,12H2,1-3H3. The lowest BCUT2D eigenvalue weighted by Gasteiger charge is -2.49. The van der Waals surface area contributed by atoms with Crippen molar-refractivity contribution in [2.24, 2.45) is 5.73 Å². The molecule has 2 heterocycles. The van der Waals surface area contributed by atoms with Crippen LogP contribution in [0, 0.1) is 0 Å². The van der Waals surface area contributed by atoms with E-state index in [0.29, 0.717) is 16.8 Å². The third-order valence-electron chi connectivity index (χ3n) is 2.95. The minimum absolute atomic E-state index is 0.0264. The van der Waals surface area contributed by atoms with Gasteiger partial charge in [0, 0.05) is 11.3 Å². The van der Waals surface area contributed by atoms with Gasteiger partial charge in [-0.1, -0.05) is 0 Å². The van der Waals surface area contributed by atoms with Gasteiger partial charge >= 0.3 is 0 Å². The van der Waals surface area contributed by atoms with Crippen LogP contribution in [-0.4, -0.2) is 66.1 Å². The molecule has 0 aromatic heterocycles. The van der Waals surface area contributed by atoms with E-state index in [1.165, 1.54) is 16.7 Å². The number of β-lactam (4-membered cyclic amide) rings is 1. The monoisotopic (exact) mass is 271 g/mol. The van der Waals surface area contributed by atoms with Crippen molar-refractivity contribution in [1.82, 2.24) is 4.90 Å². The first-order chi connectivity index (χ1) is 8.22. The van der Waals surface area contributed by atoms with Gasteiger partial charge in [0.25, 0.3) is 0 Å². The van der Waals surface area contributed by atoms with Crippen molar-refractivity contribution in [3.8, 4) is 0 Å². The Balaban J connectivity index is 2.35. The summed E-state index contributed by atoms with van der Waals surface area (Å²) in [4.78, 5) is 24.2. The molecule has 7 heteroatoms. The van der Waals surface area contributed by atoms with Crippen molar-refractivity contribution in [2.45, 2.75) is 11.4 Å². The molecule has 1 saturated heterocycles. The highest BCUT2D eigenvalue weighted by Gasteiger charge is 2.50. The van der Waals surface area contributed by atoms with E-state index in [-0.39, 0.29) is 17.0 Å². The summed E-state index contributed by atoms with van der Waals surface area (Å²) >= 11 is 1.52. The van der Waals surface area contributed by atoms with Crippen LogP contribution in [0.1, 0.15) is 0 Å². The van der Waals surface area contributed by atoms with E-state index >= 15 is 0 Å². The predicted octanol–water partition coefficient (Wildman–Crippen LogP) is -2.06. The van der Waals surface area contributed by atoms with Crippen molar-refractivity contribution >= 4 is 23.6 Å². The number of hydrogen-bond acceptors (Lipinski definition) is 5. The van der Waals surface area contributed by atoms with Crippen LogP contribution in [0.5, 0.6) is 0 Å². The number of amides is 1. The molecule has 0 bridgehead atoms. The first-order valence-electron chi connectivity index (χ1n) is 5.66. The van der Waals surface area contributed by atoms with E-state index in [2.05, 4.69) is 0 Å². The number of aliphatic carboxylic acids is 1. The molecule has 1 amide bonds. The molecular weight excluding hydrogens is 254 g/mol. The minimum Gasteiger partial charge on any atom is -0.543 e. The maximum atomic E-state index is 11.7. The summed E-state index contributed by atoms with van der Waals surface area (Å²) in [6, 6.07) is -0.588. The van der Waals surface area contributed by atoms with Gasteiger partial charge in [-0.25, -0.2) is 0 Å². The molecule has 6 nitrogen and oxygen atoms in total. The number of nitrogens with two attached hydrogens (primary N) is 1. The molecule has 0 aromatic rings. The largest absolute Gasteiger partial charge is 0.543 e. The number of likely N-dealkylation sites (N-methyl/N-ethyl adjacent to an activating group) is 1. The molecule has 100 valence electrons. The molecule has 2 aliphatic rings. The van der Waals surface area contributed by atoms with E-state index in [0.717, 1.165) is 5.57 Å². The lowest BCUT2D eigenvalue weighted by Crippen LogP contribution is -2.69. The van der Waals surface area contributed by atoms with Crippen molar-refractivity contribution in [3.05, 3.63) is 11.3 Å². The fourth-order valence-corrected chi connectivity index (χ4v) is 3.54. The SMILES string of the molecule is C[N+](C)(C)CC1=C(C(=O)[O-])N2C(=O)C(N)C2SC1. The molecule has 0 spiro atoms.